The molecule has 96 valence electrons. The van der Waals surface area contributed by atoms with Crippen LogP contribution >= 0.6 is 22.9 Å². The quantitative estimate of drug-likeness (QED) is 0.914. The smallest absolute Gasteiger partial charge is 0.142 e. The van der Waals surface area contributed by atoms with Crippen molar-refractivity contribution in [2.75, 3.05) is 0 Å². The van der Waals surface area contributed by atoms with Gasteiger partial charge in [-0.2, -0.15) is 0 Å². The van der Waals surface area contributed by atoms with E-state index in [1.807, 2.05) is 26.1 Å². The summed E-state index contributed by atoms with van der Waals surface area (Å²) in [7, 11) is 0. The lowest BCUT2D eigenvalue weighted by Crippen LogP contribution is -2.18. The van der Waals surface area contributed by atoms with Gasteiger partial charge in [-0.15, -0.1) is 11.3 Å². The molecule has 0 spiro atoms. The molecule has 1 aromatic carbocycles. The lowest BCUT2D eigenvalue weighted by Gasteiger charge is -2.13. The zero-order valence-corrected chi connectivity index (χ0v) is 11.8. The van der Waals surface area contributed by atoms with Gasteiger partial charge < -0.3 is 5.32 Å². The average molecular weight is 285 g/mol. The maximum absolute atomic E-state index is 13.3. The molecule has 18 heavy (non-hydrogen) atoms. The number of hydrogen-bond donors (Lipinski definition) is 1. The summed E-state index contributed by atoms with van der Waals surface area (Å²) < 4.78 is 13.3. The molecule has 0 saturated carbocycles. The van der Waals surface area contributed by atoms with Crippen molar-refractivity contribution in [1.82, 2.24) is 10.3 Å². The zero-order chi connectivity index (χ0) is 13.1. The second-order valence-electron chi connectivity index (χ2n) is 4.14. The maximum atomic E-state index is 13.3. The van der Waals surface area contributed by atoms with Gasteiger partial charge in [0.2, 0.25) is 0 Å². The molecule has 0 bridgehead atoms. The second kappa shape index (κ2) is 5.78. The van der Waals surface area contributed by atoms with Crippen molar-refractivity contribution in [3.8, 4) is 0 Å². The van der Waals surface area contributed by atoms with Gasteiger partial charge in [-0.05, 0) is 31.5 Å². The molecule has 1 aromatic heterocycles. The molecule has 2 rings (SSSR count). The van der Waals surface area contributed by atoms with Crippen LogP contribution in [-0.4, -0.2) is 4.98 Å². The first-order valence-electron chi connectivity index (χ1n) is 5.66. The highest BCUT2D eigenvalue weighted by atomic mass is 35.5. The van der Waals surface area contributed by atoms with E-state index in [0.717, 1.165) is 10.6 Å². The fraction of sp³-hybridized carbons (Fsp3) is 0.308. The van der Waals surface area contributed by atoms with Gasteiger partial charge in [0.1, 0.15) is 10.8 Å². The maximum Gasteiger partial charge on any atom is 0.142 e. The highest BCUT2D eigenvalue weighted by Crippen LogP contribution is 2.20. The Kier molecular flexibility index (Phi) is 4.32. The van der Waals surface area contributed by atoms with Crippen LogP contribution in [0, 0.1) is 12.7 Å². The third-order valence-electron chi connectivity index (χ3n) is 2.67. The second-order valence-corrected chi connectivity index (χ2v) is 5.87. The Balaban J connectivity index is 1.99. The number of nitrogens with one attached hydrogen (secondary N) is 1. The molecule has 0 fully saturated rings. The van der Waals surface area contributed by atoms with Crippen LogP contribution in [0.25, 0.3) is 0 Å². The molecular formula is C13H14ClFN2S. The Morgan fingerprint density at radius 2 is 2.28 bits per heavy atom. The zero-order valence-electron chi connectivity index (χ0n) is 10.2. The van der Waals surface area contributed by atoms with Crippen molar-refractivity contribution < 1.29 is 4.39 Å². The van der Waals surface area contributed by atoms with Gasteiger partial charge in [0, 0.05) is 23.7 Å². The largest absolute Gasteiger partial charge is 0.304 e. The Morgan fingerprint density at radius 1 is 1.50 bits per heavy atom. The van der Waals surface area contributed by atoms with E-state index in [-0.39, 0.29) is 16.9 Å². The molecule has 0 aliphatic carbocycles. The van der Waals surface area contributed by atoms with E-state index in [0.29, 0.717) is 6.54 Å². The Labute approximate surface area is 115 Å². The van der Waals surface area contributed by atoms with Crippen LogP contribution in [0.3, 0.4) is 0 Å². The molecule has 1 heterocycles. The highest BCUT2D eigenvalue weighted by Gasteiger charge is 2.09. The number of aryl methyl sites for hydroxylation is 1. The molecular weight excluding hydrogens is 271 g/mol. The van der Waals surface area contributed by atoms with Crippen molar-refractivity contribution >= 4 is 22.9 Å². The SMILES string of the molecule is Cc1cnc(CNC(C)c2ccc(Cl)c(F)c2)s1. The van der Waals surface area contributed by atoms with Crippen molar-refractivity contribution in [2.45, 2.75) is 26.4 Å². The van der Waals surface area contributed by atoms with Crippen LogP contribution in [0.4, 0.5) is 4.39 Å². The van der Waals surface area contributed by atoms with E-state index in [9.17, 15) is 4.39 Å². The Morgan fingerprint density at radius 3 is 2.89 bits per heavy atom. The summed E-state index contributed by atoms with van der Waals surface area (Å²) in [6.07, 6.45) is 1.86. The predicted molar refractivity (Wildman–Crippen MR) is 73.5 cm³/mol. The standard InChI is InChI=1S/C13H14ClFN2S/c1-8-6-17-13(18-8)7-16-9(2)10-3-4-11(14)12(15)5-10/h3-6,9,16H,7H2,1-2H3. The van der Waals surface area contributed by atoms with Gasteiger partial charge in [-0.1, -0.05) is 17.7 Å². The van der Waals surface area contributed by atoms with Gasteiger partial charge in [-0.25, -0.2) is 9.37 Å². The summed E-state index contributed by atoms with van der Waals surface area (Å²) in [6, 6.07) is 4.93. The van der Waals surface area contributed by atoms with Crippen molar-refractivity contribution in [1.29, 1.82) is 0 Å². The highest BCUT2D eigenvalue weighted by molar-refractivity contribution is 7.11. The summed E-state index contributed by atoms with van der Waals surface area (Å²) in [5.74, 6) is -0.382. The van der Waals surface area contributed by atoms with E-state index in [4.69, 9.17) is 11.6 Å². The molecule has 1 atom stereocenters. The van der Waals surface area contributed by atoms with Gasteiger partial charge in [0.15, 0.2) is 0 Å². The molecule has 2 aromatic rings. The van der Waals surface area contributed by atoms with Crippen LogP contribution in [-0.2, 0) is 6.54 Å². The van der Waals surface area contributed by atoms with Gasteiger partial charge in [0.25, 0.3) is 0 Å². The van der Waals surface area contributed by atoms with E-state index in [1.54, 1.807) is 17.4 Å². The topological polar surface area (TPSA) is 24.9 Å². The lowest BCUT2D eigenvalue weighted by molar-refractivity contribution is 0.564. The number of halogens is 2. The minimum atomic E-state index is -0.382. The number of hydrogen-bond acceptors (Lipinski definition) is 3. The monoisotopic (exact) mass is 284 g/mol. The fourth-order valence-electron chi connectivity index (χ4n) is 1.62. The number of rotatable bonds is 4. The van der Waals surface area contributed by atoms with Crippen LogP contribution in [0.1, 0.15) is 28.4 Å². The third-order valence-corrected chi connectivity index (χ3v) is 3.89. The van der Waals surface area contributed by atoms with Gasteiger partial charge in [-0.3, -0.25) is 0 Å². The number of aromatic nitrogens is 1. The van der Waals surface area contributed by atoms with Gasteiger partial charge >= 0.3 is 0 Å². The van der Waals surface area contributed by atoms with Crippen LogP contribution in [0.15, 0.2) is 24.4 Å². The fourth-order valence-corrected chi connectivity index (χ4v) is 2.48. The minimum absolute atomic E-state index is 0.0565. The summed E-state index contributed by atoms with van der Waals surface area (Å²) >= 11 is 7.32. The number of benzene rings is 1. The van der Waals surface area contributed by atoms with E-state index < -0.39 is 0 Å². The average Bonchev–Trinajstić information content (AvgIpc) is 2.75. The molecule has 0 aliphatic rings. The summed E-state index contributed by atoms with van der Waals surface area (Å²) in [6.45, 7) is 4.70. The van der Waals surface area contributed by atoms with Crippen molar-refractivity contribution in [3.63, 3.8) is 0 Å². The Bertz CT molecular complexity index is 542. The molecule has 0 saturated heterocycles. The van der Waals surface area contributed by atoms with Crippen molar-refractivity contribution in [2.24, 2.45) is 0 Å². The van der Waals surface area contributed by atoms with E-state index in [2.05, 4.69) is 10.3 Å². The number of nitrogens with zero attached hydrogens (tertiary/aromatic N) is 1. The predicted octanol–water partition coefficient (Wildman–Crippen LogP) is 4.09. The van der Waals surface area contributed by atoms with Crippen LogP contribution in [0.2, 0.25) is 5.02 Å². The molecule has 1 N–H and O–H groups in total. The third kappa shape index (κ3) is 3.28. The summed E-state index contributed by atoms with van der Waals surface area (Å²) in [4.78, 5) is 5.47. The summed E-state index contributed by atoms with van der Waals surface area (Å²) in [5.41, 5.74) is 0.880. The molecule has 5 heteroatoms. The number of thiazole rings is 1. The Hall–Kier alpha value is -0.970. The molecule has 0 aliphatic heterocycles. The van der Waals surface area contributed by atoms with Gasteiger partial charge in [0.05, 0.1) is 5.02 Å². The molecule has 1 unspecified atom stereocenters. The van der Waals surface area contributed by atoms with E-state index >= 15 is 0 Å². The van der Waals surface area contributed by atoms with Crippen LogP contribution < -0.4 is 5.32 Å². The summed E-state index contributed by atoms with van der Waals surface area (Å²) in [5, 5.41) is 4.50. The molecule has 2 nitrogen and oxygen atoms in total. The first-order valence-corrected chi connectivity index (χ1v) is 6.85. The minimum Gasteiger partial charge on any atom is -0.304 e. The molecule has 0 amide bonds. The normalized spacial score (nSPS) is 12.7. The van der Waals surface area contributed by atoms with Crippen LogP contribution in [0.5, 0.6) is 0 Å². The lowest BCUT2D eigenvalue weighted by atomic mass is 10.1. The first-order chi connectivity index (χ1) is 8.56. The van der Waals surface area contributed by atoms with Crippen molar-refractivity contribution in [3.05, 3.63) is 50.7 Å². The molecule has 0 radical (unpaired) electrons. The van der Waals surface area contributed by atoms with E-state index in [1.165, 1.54) is 10.9 Å². The first kappa shape index (κ1) is 13.5.